The summed E-state index contributed by atoms with van der Waals surface area (Å²) in [5.74, 6) is 0.564. The van der Waals surface area contributed by atoms with Crippen LogP contribution in [-0.4, -0.2) is 30.2 Å². The van der Waals surface area contributed by atoms with E-state index in [9.17, 15) is 9.59 Å². The van der Waals surface area contributed by atoms with Crippen molar-refractivity contribution in [1.82, 2.24) is 29.4 Å². The van der Waals surface area contributed by atoms with Gasteiger partial charge in [0.15, 0.2) is 0 Å². The van der Waals surface area contributed by atoms with Crippen LogP contribution in [0.1, 0.15) is 41.0 Å². The maximum atomic E-state index is 12.5. The van der Waals surface area contributed by atoms with Gasteiger partial charge in [-0.3, -0.25) is 14.0 Å². The molecule has 8 nitrogen and oxygen atoms in total. The molecule has 2 bridgehead atoms. The summed E-state index contributed by atoms with van der Waals surface area (Å²) in [7, 11) is 0. The molecule has 2 N–H and O–H groups in total. The Bertz CT molecular complexity index is 1370. The van der Waals surface area contributed by atoms with Gasteiger partial charge in [-0.1, -0.05) is 12.1 Å². The molecule has 3 saturated carbocycles. The summed E-state index contributed by atoms with van der Waals surface area (Å²) >= 11 is 0. The van der Waals surface area contributed by atoms with Crippen molar-refractivity contribution in [3.8, 4) is 0 Å². The highest BCUT2D eigenvalue weighted by Gasteiger charge is 2.55. The van der Waals surface area contributed by atoms with Crippen molar-refractivity contribution in [3.63, 3.8) is 0 Å². The molecule has 0 unspecified atom stereocenters. The molecule has 3 aliphatic rings. The smallest absolute Gasteiger partial charge is 0.270 e. The van der Waals surface area contributed by atoms with Crippen molar-refractivity contribution >= 4 is 17.2 Å². The molecular formula is C23H22N6O2. The summed E-state index contributed by atoms with van der Waals surface area (Å²) in [6.45, 7) is 1.12. The number of aromatic nitrogens is 4. The minimum Gasteiger partial charge on any atom is -0.345 e. The third-order valence-electron chi connectivity index (χ3n) is 6.50. The summed E-state index contributed by atoms with van der Waals surface area (Å²) in [6.07, 6.45) is 9.59. The molecule has 3 fully saturated rings. The van der Waals surface area contributed by atoms with E-state index in [2.05, 4.69) is 32.9 Å². The number of nitrogens with zero attached hydrogens (tertiary/aromatic N) is 4. The maximum absolute atomic E-state index is 12.5. The molecule has 0 radical (unpaired) electrons. The number of carbonyl (C=O) groups excluding carboxylic acids is 1. The van der Waals surface area contributed by atoms with E-state index in [0.717, 1.165) is 23.8 Å². The number of rotatable bonds is 6. The van der Waals surface area contributed by atoms with Crippen molar-refractivity contribution in [2.24, 2.45) is 5.92 Å². The topological polar surface area (TPSA) is 92.8 Å². The Morgan fingerprint density at radius 1 is 1.06 bits per heavy atom. The van der Waals surface area contributed by atoms with Gasteiger partial charge in [-0.15, -0.1) is 0 Å². The molecule has 4 aromatic heterocycles. The first-order valence-electron chi connectivity index (χ1n) is 10.6. The predicted octanol–water partition coefficient (Wildman–Crippen LogP) is 1.91. The van der Waals surface area contributed by atoms with Gasteiger partial charge in [0.05, 0.1) is 12.2 Å². The van der Waals surface area contributed by atoms with Gasteiger partial charge in [-0.2, -0.15) is 0 Å². The molecule has 156 valence electrons. The van der Waals surface area contributed by atoms with Crippen molar-refractivity contribution in [2.45, 2.75) is 37.9 Å². The predicted molar refractivity (Wildman–Crippen MR) is 115 cm³/mol. The largest absolute Gasteiger partial charge is 0.345 e. The summed E-state index contributed by atoms with van der Waals surface area (Å²) in [6, 6.07) is 10.6. The standard InChI is InChI=1S/C23H22N6O2/c30-21-7-18(27-20-3-1-2-6-29(20)21)22(31)24-12-17-14-28-13-15(4-5-19(28)26-17)11-25-23-8-16(9-23)10-23/h1-7,13-14,16,25H,8-12H2,(H,24,31). The molecule has 7 rings (SSSR count). The van der Waals surface area contributed by atoms with Gasteiger partial charge in [0.25, 0.3) is 11.5 Å². The number of hydrogen-bond donors (Lipinski definition) is 2. The molecule has 3 aliphatic carbocycles. The Morgan fingerprint density at radius 3 is 2.74 bits per heavy atom. The van der Waals surface area contributed by atoms with Crippen LogP contribution in [0, 0.1) is 5.92 Å². The molecule has 4 aromatic rings. The molecule has 0 saturated heterocycles. The van der Waals surface area contributed by atoms with E-state index >= 15 is 0 Å². The Balaban J connectivity index is 1.14. The van der Waals surface area contributed by atoms with Gasteiger partial charge >= 0.3 is 0 Å². The average Bonchev–Trinajstić information content (AvgIpc) is 3.12. The van der Waals surface area contributed by atoms with E-state index in [1.165, 1.54) is 35.3 Å². The van der Waals surface area contributed by atoms with E-state index in [-0.39, 0.29) is 17.8 Å². The summed E-state index contributed by atoms with van der Waals surface area (Å²) < 4.78 is 3.39. The van der Waals surface area contributed by atoms with Gasteiger partial charge in [-0.05, 0) is 48.9 Å². The van der Waals surface area contributed by atoms with Crippen LogP contribution in [0.3, 0.4) is 0 Å². The van der Waals surface area contributed by atoms with Crippen molar-refractivity contribution < 1.29 is 4.79 Å². The summed E-state index contributed by atoms with van der Waals surface area (Å²) in [5.41, 5.74) is 3.45. The third kappa shape index (κ3) is 3.19. The number of fused-ring (bicyclic) bond motifs is 2. The Kier molecular flexibility index (Phi) is 3.97. The molecule has 4 heterocycles. The van der Waals surface area contributed by atoms with E-state index in [0.29, 0.717) is 11.2 Å². The first kappa shape index (κ1) is 18.3. The Hall–Kier alpha value is -3.52. The second-order valence-corrected chi connectivity index (χ2v) is 8.74. The highest BCUT2D eigenvalue weighted by Crippen LogP contribution is 2.56. The normalized spacial score (nSPS) is 21.6. The van der Waals surface area contributed by atoms with Crippen molar-refractivity contribution in [2.75, 3.05) is 0 Å². The van der Waals surface area contributed by atoms with Gasteiger partial charge in [-0.25, -0.2) is 9.97 Å². The van der Waals surface area contributed by atoms with Crippen LogP contribution in [0.4, 0.5) is 0 Å². The number of pyridine rings is 2. The molecule has 8 heteroatoms. The highest BCUT2D eigenvalue weighted by molar-refractivity contribution is 5.92. The number of hydrogen-bond acceptors (Lipinski definition) is 5. The number of nitrogens with one attached hydrogen (secondary N) is 2. The SMILES string of the molecule is O=C(NCc1cn2cc(CNC34CC(C3)C4)ccc2n1)c1cc(=O)n2ccccc2n1. The zero-order chi connectivity index (χ0) is 21.0. The van der Waals surface area contributed by atoms with Crippen LogP contribution in [-0.2, 0) is 13.1 Å². The Labute approximate surface area is 178 Å². The van der Waals surface area contributed by atoms with Crippen LogP contribution in [0.2, 0.25) is 0 Å². The first-order valence-corrected chi connectivity index (χ1v) is 10.6. The zero-order valence-electron chi connectivity index (χ0n) is 16.9. The summed E-state index contributed by atoms with van der Waals surface area (Å²) in [5, 5.41) is 6.51. The second-order valence-electron chi connectivity index (χ2n) is 8.74. The van der Waals surface area contributed by atoms with E-state index in [1.807, 2.05) is 16.7 Å². The zero-order valence-corrected chi connectivity index (χ0v) is 16.9. The monoisotopic (exact) mass is 414 g/mol. The molecule has 0 aromatic carbocycles. The highest BCUT2D eigenvalue weighted by atomic mass is 16.2. The molecule has 0 atom stereocenters. The second kappa shape index (κ2) is 6.75. The van der Waals surface area contributed by atoms with E-state index in [4.69, 9.17) is 0 Å². The molecule has 0 aliphatic heterocycles. The molecule has 1 amide bonds. The van der Waals surface area contributed by atoms with Gasteiger partial charge in [0, 0.05) is 36.7 Å². The number of carbonyl (C=O) groups is 1. The van der Waals surface area contributed by atoms with Gasteiger partial charge < -0.3 is 15.0 Å². The lowest BCUT2D eigenvalue weighted by Gasteiger charge is -2.62. The molecule has 0 spiro atoms. The van der Waals surface area contributed by atoms with Crippen molar-refractivity contribution in [1.29, 1.82) is 0 Å². The third-order valence-corrected chi connectivity index (χ3v) is 6.50. The van der Waals surface area contributed by atoms with E-state index in [1.54, 1.807) is 24.4 Å². The fourth-order valence-electron chi connectivity index (χ4n) is 4.70. The number of amides is 1. The number of imidazole rings is 1. The van der Waals surface area contributed by atoms with Crippen LogP contribution in [0.15, 0.2) is 59.8 Å². The van der Waals surface area contributed by atoms with Crippen LogP contribution < -0.4 is 16.2 Å². The molecular weight excluding hydrogens is 392 g/mol. The first-order chi connectivity index (χ1) is 15.1. The van der Waals surface area contributed by atoms with Crippen LogP contribution in [0.5, 0.6) is 0 Å². The lowest BCUT2D eigenvalue weighted by molar-refractivity contribution is -0.0520. The van der Waals surface area contributed by atoms with Crippen molar-refractivity contribution in [3.05, 3.63) is 82.3 Å². The van der Waals surface area contributed by atoms with Gasteiger partial charge in [0.2, 0.25) is 0 Å². The Morgan fingerprint density at radius 2 is 1.94 bits per heavy atom. The maximum Gasteiger partial charge on any atom is 0.270 e. The quantitative estimate of drug-likeness (QED) is 0.503. The lowest BCUT2D eigenvalue weighted by Crippen LogP contribution is -2.66. The minimum atomic E-state index is -0.399. The lowest BCUT2D eigenvalue weighted by atomic mass is 9.50. The fraction of sp³-hybridized carbons (Fsp3) is 0.304. The van der Waals surface area contributed by atoms with Gasteiger partial charge in [0.1, 0.15) is 17.0 Å². The summed E-state index contributed by atoms with van der Waals surface area (Å²) in [4.78, 5) is 33.6. The van der Waals surface area contributed by atoms with Crippen LogP contribution in [0.25, 0.3) is 11.3 Å². The fourth-order valence-corrected chi connectivity index (χ4v) is 4.70. The molecule has 31 heavy (non-hydrogen) atoms. The van der Waals surface area contributed by atoms with E-state index < -0.39 is 5.91 Å². The average molecular weight is 414 g/mol. The van der Waals surface area contributed by atoms with Crippen LogP contribution >= 0.6 is 0 Å². The minimum absolute atomic E-state index is 0.0990.